The summed E-state index contributed by atoms with van der Waals surface area (Å²) in [7, 11) is -3.73. The predicted octanol–water partition coefficient (Wildman–Crippen LogP) is 3.16. The molecule has 15 heavy (non-hydrogen) atoms. The van der Waals surface area contributed by atoms with E-state index in [1.165, 1.54) is 32.1 Å². The lowest BCUT2D eigenvalue weighted by molar-refractivity contribution is 0.425. The van der Waals surface area contributed by atoms with Gasteiger partial charge in [0.25, 0.3) is 10.1 Å². The highest BCUT2D eigenvalue weighted by molar-refractivity contribution is 7.86. The van der Waals surface area contributed by atoms with Crippen LogP contribution in [0.3, 0.4) is 0 Å². The third-order valence-electron chi connectivity index (χ3n) is 3.22. The van der Waals surface area contributed by atoms with E-state index in [9.17, 15) is 8.42 Å². The summed E-state index contributed by atoms with van der Waals surface area (Å²) in [5.74, 6) is 0. The molecule has 1 N–H and O–H groups in total. The first-order valence-electron chi connectivity index (χ1n) is 6.07. The van der Waals surface area contributed by atoms with Crippen LogP contribution in [0.4, 0.5) is 0 Å². The third-order valence-corrected chi connectivity index (χ3v) is 4.54. The van der Waals surface area contributed by atoms with Gasteiger partial charge in [0.1, 0.15) is 0 Å². The van der Waals surface area contributed by atoms with Crippen molar-refractivity contribution in [3.05, 3.63) is 0 Å². The molecule has 2 saturated carbocycles. The van der Waals surface area contributed by atoms with E-state index in [0.29, 0.717) is 12.8 Å². The Labute approximate surface area is 93.0 Å². The van der Waals surface area contributed by atoms with Crippen molar-refractivity contribution >= 4 is 10.1 Å². The minimum Gasteiger partial charge on any atom is -0.285 e. The molecule has 0 aromatic carbocycles. The van der Waals surface area contributed by atoms with E-state index in [4.69, 9.17) is 4.55 Å². The van der Waals surface area contributed by atoms with E-state index in [1.807, 2.05) is 0 Å². The summed E-state index contributed by atoms with van der Waals surface area (Å²) >= 11 is 0. The molecule has 0 amide bonds. The molecule has 0 atom stereocenters. The second kappa shape index (κ2) is 6.48. The highest BCUT2D eigenvalue weighted by atomic mass is 32.2. The average Bonchev–Trinajstić information content (AvgIpc) is 2.76. The lowest BCUT2D eigenvalue weighted by Crippen LogP contribution is -2.22. The molecule has 0 aromatic rings. The molecule has 3 nitrogen and oxygen atoms in total. The van der Waals surface area contributed by atoms with Crippen molar-refractivity contribution in [1.82, 2.24) is 0 Å². The molecule has 2 aliphatic carbocycles. The molecule has 0 radical (unpaired) electrons. The second-order valence-corrected chi connectivity index (χ2v) is 6.24. The van der Waals surface area contributed by atoms with Crippen LogP contribution in [0.1, 0.15) is 64.2 Å². The monoisotopic (exact) mass is 234 g/mol. The molecule has 0 heterocycles. The predicted molar refractivity (Wildman–Crippen MR) is 61.5 cm³/mol. The van der Waals surface area contributed by atoms with Crippen LogP contribution in [0, 0.1) is 0 Å². The normalized spacial score (nSPS) is 23.3. The smallest absolute Gasteiger partial charge is 0.267 e. The zero-order valence-electron chi connectivity index (χ0n) is 9.32. The fourth-order valence-electron chi connectivity index (χ4n) is 2.25. The molecule has 2 aliphatic rings. The Morgan fingerprint density at radius 3 is 1.33 bits per heavy atom. The standard InChI is InChI=1S/C6H12O3S.C5H10/c7-10(8,9)6-4-2-1-3-5-6;1-2-4-5-3-1/h6H,1-5H2,(H,7,8,9);1-5H2. The maximum Gasteiger partial charge on any atom is 0.267 e. The van der Waals surface area contributed by atoms with Crippen LogP contribution in [-0.2, 0) is 10.1 Å². The van der Waals surface area contributed by atoms with Gasteiger partial charge in [0.2, 0.25) is 0 Å². The highest BCUT2D eigenvalue weighted by Gasteiger charge is 2.24. The van der Waals surface area contributed by atoms with Crippen LogP contribution in [0.15, 0.2) is 0 Å². The summed E-state index contributed by atoms with van der Waals surface area (Å²) < 4.78 is 29.7. The van der Waals surface area contributed by atoms with Crippen LogP contribution in [-0.4, -0.2) is 18.2 Å². The van der Waals surface area contributed by atoms with Gasteiger partial charge in [-0.15, -0.1) is 0 Å². The average molecular weight is 234 g/mol. The molecule has 2 fully saturated rings. The number of hydrogen-bond acceptors (Lipinski definition) is 2. The van der Waals surface area contributed by atoms with Gasteiger partial charge in [0.05, 0.1) is 5.25 Å². The SMILES string of the molecule is C1CCCC1.O=S(=O)(O)C1CCCCC1. The molecule has 90 valence electrons. The first-order chi connectivity index (χ1) is 7.11. The molecule has 0 aliphatic heterocycles. The molecule has 0 aromatic heterocycles. The van der Waals surface area contributed by atoms with Crippen LogP contribution in [0.5, 0.6) is 0 Å². The Kier molecular flexibility index (Phi) is 5.61. The molecule has 4 heteroatoms. The molecule has 0 saturated heterocycles. The summed E-state index contributed by atoms with van der Waals surface area (Å²) in [5, 5.41) is -0.471. The molecule has 2 rings (SSSR count). The van der Waals surface area contributed by atoms with Gasteiger partial charge in [-0.1, -0.05) is 51.4 Å². The van der Waals surface area contributed by atoms with Gasteiger partial charge >= 0.3 is 0 Å². The van der Waals surface area contributed by atoms with E-state index < -0.39 is 15.4 Å². The van der Waals surface area contributed by atoms with Crippen molar-refractivity contribution in [2.24, 2.45) is 0 Å². The zero-order valence-corrected chi connectivity index (χ0v) is 10.1. The summed E-state index contributed by atoms with van der Waals surface area (Å²) in [6.07, 6.45) is 11.7. The van der Waals surface area contributed by atoms with E-state index in [1.54, 1.807) is 0 Å². The van der Waals surface area contributed by atoms with Gasteiger partial charge < -0.3 is 0 Å². The molecule has 0 spiro atoms. The van der Waals surface area contributed by atoms with Gasteiger partial charge in [0.15, 0.2) is 0 Å². The minimum absolute atomic E-state index is 0.471. The highest BCUT2D eigenvalue weighted by Crippen LogP contribution is 2.22. The Morgan fingerprint density at radius 2 is 1.07 bits per heavy atom. The Morgan fingerprint density at radius 1 is 0.733 bits per heavy atom. The van der Waals surface area contributed by atoms with Crippen molar-refractivity contribution in [1.29, 1.82) is 0 Å². The topological polar surface area (TPSA) is 54.4 Å². The molecular formula is C11H22O3S. The van der Waals surface area contributed by atoms with Crippen LogP contribution in [0.25, 0.3) is 0 Å². The minimum atomic E-state index is -3.73. The Balaban J connectivity index is 0.000000187. The van der Waals surface area contributed by atoms with E-state index in [-0.39, 0.29) is 0 Å². The summed E-state index contributed by atoms with van der Waals surface area (Å²) in [5.41, 5.74) is 0. The molecule has 0 unspecified atom stereocenters. The van der Waals surface area contributed by atoms with Crippen LogP contribution in [0.2, 0.25) is 0 Å². The van der Waals surface area contributed by atoms with Gasteiger partial charge in [-0.2, -0.15) is 8.42 Å². The van der Waals surface area contributed by atoms with Crippen molar-refractivity contribution in [3.63, 3.8) is 0 Å². The molecular weight excluding hydrogens is 212 g/mol. The molecule has 0 bridgehead atoms. The Bertz CT molecular complexity index is 241. The van der Waals surface area contributed by atoms with Crippen LogP contribution >= 0.6 is 0 Å². The summed E-state index contributed by atoms with van der Waals surface area (Å²) in [4.78, 5) is 0. The maximum atomic E-state index is 10.5. The maximum absolute atomic E-state index is 10.5. The van der Waals surface area contributed by atoms with Gasteiger partial charge in [-0.3, -0.25) is 4.55 Å². The van der Waals surface area contributed by atoms with E-state index >= 15 is 0 Å². The lowest BCUT2D eigenvalue weighted by Gasteiger charge is -2.17. The van der Waals surface area contributed by atoms with Gasteiger partial charge in [-0.05, 0) is 12.8 Å². The third kappa shape index (κ3) is 5.52. The van der Waals surface area contributed by atoms with Crippen molar-refractivity contribution in [2.75, 3.05) is 0 Å². The van der Waals surface area contributed by atoms with E-state index in [0.717, 1.165) is 19.3 Å². The van der Waals surface area contributed by atoms with Crippen molar-refractivity contribution < 1.29 is 13.0 Å². The largest absolute Gasteiger partial charge is 0.285 e. The van der Waals surface area contributed by atoms with Gasteiger partial charge in [0, 0.05) is 0 Å². The van der Waals surface area contributed by atoms with Crippen LogP contribution < -0.4 is 0 Å². The van der Waals surface area contributed by atoms with Crippen molar-refractivity contribution in [2.45, 2.75) is 69.5 Å². The summed E-state index contributed by atoms with van der Waals surface area (Å²) in [6, 6.07) is 0. The fourth-order valence-corrected chi connectivity index (χ4v) is 3.18. The number of rotatable bonds is 1. The fraction of sp³-hybridized carbons (Fsp3) is 1.00. The zero-order chi connectivity index (χ0) is 11.1. The lowest BCUT2D eigenvalue weighted by atomic mass is 10.0. The first-order valence-corrected chi connectivity index (χ1v) is 7.57. The quantitative estimate of drug-likeness (QED) is 0.709. The first kappa shape index (κ1) is 13.0. The van der Waals surface area contributed by atoms with Crippen molar-refractivity contribution in [3.8, 4) is 0 Å². The van der Waals surface area contributed by atoms with Gasteiger partial charge in [-0.25, -0.2) is 0 Å². The summed E-state index contributed by atoms with van der Waals surface area (Å²) in [6.45, 7) is 0. The second-order valence-electron chi connectivity index (χ2n) is 4.54. The Hall–Kier alpha value is -0.0900. The number of hydrogen-bond donors (Lipinski definition) is 1. The van der Waals surface area contributed by atoms with E-state index in [2.05, 4.69) is 0 Å².